The molecule has 0 amide bonds. The molecule has 0 aliphatic carbocycles. The molecule has 0 bridgehead atoms. The Morgan fingerprint density at radius 3 is 3.14 bits per heavy atom. The van der Waals surface area contributed by atoms with Crippen molar-refractivity contribution in [2.45, 2.75) is 25.6 Å². The maximum atomic E-state index is 9.46. The van der Waals surface area contributed by atoms with Crippen molar-refractivity contribution in [2.24, 2.45) is 0 Å². The topological polar surface area (TPSA) is 70.2 Å². The van der Waals surface area contributed by atoms with Gasteiger partial charge in [-0.25, -0.2) is 4.98 Å². The average molecular weight is 197 g/mol. The molecule has 5 nitrogen and oxygen atoms in total. The fourth-order valence-corrected chi connectivity index (χ4v) is 1.54. The van der Waals surface area contributed by atoms with Gasteiger partial charge in [0.1, 0.15) is 5.82 Å². The molecule has 0 saturated carbocycles. The van der Waals surface area contributed by atoms with Gasteiger partial charge < -0.3 is 20.1 Å². The third-order valence-corrected chi connectivity index (χ3v) is 2.36. The molecule has 1 aromatic heterocycles. The number of aliphatic hydroxyl groups is 1. The second-order valence-corrected chi connectivity index (χ2v) is 3.59. The number of aliphatic hydroxyl groups excluding tert-OH is 1. The minimum atomic E-state index is -0.390. The standard InChI is InChI=1S/C9H15N3O2/c1-6-10-2-7(12-6)3-11-8-4-14-5-9(8)13/h2,8-9,11,13H,3-5H2,1H3,(H,10,12). The zero-order chi connectivity index (χ0) is 9.97. The predicted octanol–water partition coefficient (Wildman–Crippen LogP) is -0.433. The Morgan fingerprint density at radius 1 is 1.71 bits per heavy atom. The average Bonchev–Trinajstić information content (AvgIpc) is 2.72. The number of hydrogen-bond donors (Lipinski definition) is 3. The van der Waals surface area contributed by atoms with Crippen molar-refractivity contribution in [2.75, 3.05) is 13.2 Å². The molecule has 1 aromatic rings. The van der Waals surface area contributed by atoms with Crippen molar-refractivity contribution in [3.8, 4) is 0 Å². The van der Waals surface area contributed by atoms with Gasteiger partial charge in [-0.3, -0.25) is 0 Å². The number of aromatic amines is 1. The van der Waals surface area contributed by atoms with E-state index < -0.39 is 0 Å². The SMILES string of the molecule is Cc1ncc(CNC2COCC2O)[nH]1. The van der Waals surface area contributed by atoms with Crippen molar-refractivity contribution < 1.29 is 9.84 Å². The maximum absolute atomic E-state index is 9.46. The van der Waals surface area contributed by atoms with Gasteiger partial charge >= 0.3 is 0 Å². The summed E-state index contributed by atoms with van der Waals surface area (Å²) in [5, 5.41) is 12.7. The number of rotatable bonds is 3. The zero-order valence-electron chi connectivity index (χ0n) is 8.16. The first-order valence-electron chi connectivity index (χ1n) is 4.75. The number of hydrogen-bond acceptors (Lipinski definition) is 4. The third-order valence-electron chi connectivity index (χ3n) is 2.36. The summed E-state index contributed by atoms with van der Waals surface area (Å²) in [6.07, 6.45) is 1.41. The molecule has 2 rings (SSSR count). The number of nitrogens with zero attached hydrogens (tertiary/aromatic N) is 1. The Morgan fingerprint density at radius 2 is 2.57 bits per heavy atom. The van der Waals surface area contributed by atoms with Gasteiger partial charge in [0.05, 0.1) is 25.4 Å². The highest BCUT2D eigenvalue weighted by molar-refractivity contribution is 5.00. The molecule has 5 heteroatoms. The van der Waals surface area contributed by atoms with E-state index in [0.29, 0.717) is 19.8 Å². The van der Waals surface area contributed by atoms with Gasteiger partial charge in [-0.1, -0.05) is 0 Å². The van der Waals surface area contributed by atoms with E-state index in [-0.39, 0.29) is 12.1 Å². The molecule has 1 saturated heterocycles. The largest absolute Gasteiger partial charge is 0.389 e. The summed E-state index contributed by atoms with van der Waals surface area (Å²) in [4.78, 5) is 7.21. The summed E-state index contributed by atoms with van der Waals surface area (Å²) in [7, 11) is 0. The molecule has 2 heterocycles. The molecular weight excluding hydrogens is 182 g/mol. The van der Waals surface area contributed by atoms with Crippen LogP contribution in [-0.4, -0.2) is 40.4 Å². The van der Waals surface area contributed by atoms with Gasteiger partial charge in [-0.2, -0.15) is 0 Å². The number of aryl methyl sites for hydroxylation is 1. The maximum Gasteiger partial charge on any atom is 0.103 e. The van der Waals surface area contributed by atoms with E-state index in [1.54, 1.807) is 6.20 Å². The van der Waals surface area contributed by atoms with Crippen LogP contribution in [0.25, 0.3) is 0 Å². The van der Waals surface area contributed by atoms with Crippen LogP contribution in [0.4, 0.5) is 0 Å². The van der Waals surface area contributed by atoms with Gasteiger partial charge in [-0.05, 0) is 6.92 Å². The van der Waals surface area contributed by atoms with E-state index in [1.807, 2.05) is 6.92 Å². The van der Waals surface area contributed by atoms with Gasteiger partial charge in [0.15, 0.2) is 0 Å². The summed E-state index contributed by atoms with van der Waals surface area (Å²) in [6, 6.07) is 0.0404. The van der Waals surface area contributed by atoms with Crippen LogP contribution in [0.2, 0.25) is 0 Å². The van der Waals surface area contributed by atoms with Crippen molar-refractivity contribution in [1.29, 1.82) is 0 Å². The van der Waals surface area contributed by atoms with Gasteiger partial charge in [-0.15, -0.1) is 0 Å². The first-order chi connectivity index (χ1) is 6.75. The number of imidazole rings is 1. The highest BCUT2D eigenvalue weighted by atomic mass is 16.5. The fourth-order valence-electron chi connectivity index (χ4n) is 1.54. The van der Waals surface area contributed by atoms with Crippen LogP contribution in [0.3, 0.4) is 0 Å². The number of nitrogens with one attached hydrogen (secondary N) is 2. The lowest BCUT2D eigenvalue weighted by atomic mass is 10.2. The van der Waals surface area contributed by atoms with Crippen LogP contribution in [0.15, 0.2) is 6.20 Å². The lowest BCUT2D eigenvalue weighted by Gasteiger charge is -2.13. The van der Waals surface area contributed by atoms with Crippen LogP contribution in [-0.2, 0) is 11.3 Å². The molecule has 0 spiro atoms. The second kappa shape index (κ2) is 4.08. The summed E-state index contributed by atoms with van der Waals surface area (Å²) >= 11 is 0. The molecule has 2 unspecified atom stereocenters. The Bertz CT molecular complexity index is 300. The van der Waals surface area contributed by atoms with E-state index in [1.165, 1.54) is 0 Å². The molecule has 0 radical (unpaired) electrons. The summed E-state index contributed by atoms with van der Waals surface area (Å²) in [5.74, 6) is 0.907. The quantitative estimate of drug-likeness (QED) is 0.615. The monoisotopic (exact) mass is 197 g/mol. The summed E-state index contributed by atoms with van der Waals surface area (Å²) in [6.45, 7) is 3.61. The molecule has 0 aromatic carbocycles. The van der Waals surface area contributed by atoms with Gasteiger partial charge in [0, 0.05) is 18.4 Å². The van der Waals surface area contributed by atoms with Crippen LogP contribution < -0.4 is 5.32 Å². The molecule has 14 heavy (non-hydrogen) atoms. The van der Waals surface area contributed by atoms with E-state index in [4.69, 9.17) is 4.74 Å². The predicted molar refractivity (Wildman–Crippen MR) is 50.8 cm³/mol. The summed E-state index contributed by atoms with van der Waals surface area (Å²) < 4.78 is 5.12. The van der Waals surface area contributed by atoms with Crippen LogP contribution in [0, 0.1) is 6.92 Å². The number of ether oxygens (including phenoxy) is 1. The Balaban J connectivity index is 1.82. The smallest absolute Gasteiger partial charge is 0.103 e. The number of aromatic nitrogens is 2. The molecule has 2 atom stereocenters. The van der Waals surface area contributed by atoms with Crippen molar-refractivity contribution in [1.82, 2.24) is 15.3 Å². The lowest BCUT2D eigenvalue weighted by molar-refractivity contribution is 0.122. The van der Waals surface area contributed by atoms with E-state index in [0.717, 1.165) is 11.5 Å². The van der Waals surface area contributed by atoms with Crippen molar-refractivity contribution >= 4 is 0 Å². The first-order valence-corrected chi connectivity index (χ1v) is 4.75. The van der Waals surface area contributed by atoms with E-state index in [2.05, 4.69) is 15.3 Å². The van der Waals surface area contributed by atoms with E-state index >= 15 is 0 Å². The highest BCUT2D eigenvalue weighted by Gasteiger charge is 2.25. The van der Waals surface area contributed by atoms with E-state index in [9.17, 15) is 5.11 Å². The molecular formula is C9H15N3O2. The Hall–Kier alpha value is -0.910. The molecule has 1 fully saturated rings. The van der Waals surface area contributed by atoms with Crippen LogP contribution in [0.5, 0.6) is 0 Å². The second-order valence-electron chi connectivity index (χ2n) is 3.59. The zero-order valence-corrected chi connectivity index (χ0v) is 8.16. The minimum Gasteiger partial charge on any atom is -0.389 e. The normalized spacial score (nSPS) is 27.0. The fraction of sp³-hybridized carbons (Fsp3) is 0.667. The number of H-pyrrole nitrogens is 1. The summed E-state index contributed by atoms with van der Waals surface area (Å²) in [5.41, 5.74) is 1.03. The van der Waals surface area contributed by atoms with Gasteiger partial charge in [0.2, 0.25) is 0 Å². The Kier molecular flexibility index (Phi) is 2.81. The van der Waals surface area contributed by atoms with Crippen molar-refractivity contribution in [3.63, 3.8) is 0 Å². The molecule has 78 valence electrons. The lowest BCUT2D eigenvalue weighted by Crippen LogP contribution is -2.38. The Labute approximate surface area is 82.5 Å². The van der Waals surface area contributed by atoms with Crippen molar-refractivity contribution in [3.05, 3.63) is 17.7 Å². The molecule has 1 aliphatic heterocycles. The first kappa shape index (κ1) is 9.64. The molecule has 1 aliphatic rings. The molecule has 3 N–H and O–H groups in total. The highest BCUT2D eigenvalue weighted by Crippen LogP contribution is 2.06. The van der Waals surface area contributed by atoms with Crippen LogP contribution in [0.1, 0.15) is 11.5 Å². The minimum absolute atomic E-state index is 0.0404. The van der Waals surface area contributed by atoms with Crippen LogP contribution >= 0.6 is 0 Å². The van der Waals surface area contributed by atoms with Gasteiger partial charge in [0.25, 0.3) is 0 Å². The third kappa shape index (κ3) is 2.12.